The lowest BCUT2D eigenvalue weighted by Crippen LogP contribution is -2.19. The van der Waals surface area contributed by atoms with Gasteiger partial charge in [-0.05, 0) is 52.9 Å². The van der Waals surface area contributed by atoms with E-state index in [1.165, 1.54) is 0 Å². The minimum atomic E-state index is 0.459. The first-order valence-corrected chi connectivity index (χ1v) is 7.05. The highest BCUT2D eigenvalue weighted by atomic mass is 127. The Morgan fingerprint density at radius 1 is 1.16 bits per heavy atom. The molecule has 96 valence electrons. The maximum Gasteiger partial charge on any atom is 0.0645 e. The molecule has 0 saturated heterocycles. The van der Waals surface area contributed by atoms with Crippen LogP contribution >= 0.6 is 22.6 Å². The number of nitriles is 1. The number of rotatable bonds is 4. The second kappa shape index (κ2) is 6.43. The number of para-hydroxylation sites is 1. The largest absolute Gasteiger partial charge is 0.397 e. The summed E-state index contributed by atoms with van der Waals surface area (Å²) in [5.74, 6) is 0. The van der Waals surface area contributed by atoms with Crippen molar-refractivity contribution in [2.45, 2.75) is 6.42 Å². The summed E-state index contributed by atoms with van der Waals surface area (Å²) < 4.78 is 1.10. The Morgan fingerprint density at radius 3 is 2.53 bits per heavy atom. The summed E-state index contributed by atoms with van der Waals surface area (Å²) >= 11 is 2.24. The highest BCUT2D eigenvalue weighted by molar-refractivity contribution is 14.1. The normalized spacial score (nSPS) is 9.89. The van der Waals surface area contributed by atoms with E-state index >= 15 is 0 Å². The lowest BCUT2D eigenvalue weighted by Gasteiger charge is -2.25. The molecule has 3 nitrogen and oxygen atoms in total. The highest BCUT2D eigenvalue weighted by Gasteiger charge is 2.11. The van der Waals surface area contributed by atoms with Gasteiger partial charge in [0.05, 0.1) is 23.9 Å². The molecule has 0 bridgehead atoms. The second-order valence-electron chi connectivity index (χ2n) is 4.10. The Kier molecular flexibility index (Phi) is 4.63. The summed E-state index contributed by atoms with van der Waals surface area (Å²) in [7, 11) is 0. The van der Waals surface area contributed by atoms with E-state index in [1.807, 2.05) is 48.5 Å². The third-order valence-corrected chi connectivity index (χ3v) is 3.47. The third-order valence-electron chi connectivity index (χ3n) is 2.80. The fourth-order valence-corrected chi connectivity index (χ4v) is 2.44. The monoisotopic (exact) mass is 363 g/mol. The zero-order valence-corrected chi connectivity index (χ0v) is 12.5. The van der Waals surface area contributed by atoms with Crippen molar-refractivity contribution in [3.05, 3.63) is 52.1 Å². The van der Waals surface area contributed by atoms with Crippen LogP contribution in [0.4, 0.5) is 17.1 Å². The van der Waals surface area contributed by atoms with Crippen molar-refractivity contribution in [3.8, 4) is 6.07 Å². The lowest BCUT2D eigenvalue weighted by molar-refractivity contribution is 0.949. The minimum absolute atomic E-state index is 0.459. The van der Waals surface area contributed by atoms with E-state index in [2.05, 4.69) is 33.6 Å². The molecule has 2 rings (SSSR count). The predicted molar refractivity (Wildman–Crippen MR) is 87.2 cm³/mol. The van der Waals surface area contributed by atoms with Gasteiger partial charge in [0.25, 0.3) is 0 Å². The molecule has 0 aliphatic rings. The molecule has 0 amide bonds. The van der Waals surface area contributed by atoms with Crippen molar-refractivity contribution in [2.24, 2.45) is 0 Å². The van der Waals surface area contributed by atoms with E-state index in [1.54, 1.807) is 0 Å². The Hall–Kier alpha value is -1.74. The summed E-state index contributed by atoms with van der Waals surface area (Å²) in [6, 6.07) is 18.1. The van der Waals surface area contributed by atoms with Gasteiger partial charge in [0.1, 0.15) is 0 Å². The number of hydrogen-bond donors (Lipinski definition) is 1. The third kappa shape index (κ3) is 3.38. The highest BCUT2D eigenvalue weighted by Crippen LogP contribution is 2.31. The zero-order valence-electron chi connectivity index (χ0n) is 10.4. The zero-order chi connectivity index (χ0) is 13.7. The quantitative estimate of drug-likeness (QED) is 0.662. The SMILES string of the molecule is N#CCCN(c1ccccc1)c1ccc(I)cc1N. The molecular formula is C15H14IN3. The lowest BCUT2D eigenvalue weighted by atomic mass is 10.2. The van der Waals surface area contributed by atoms with Crippen LogP contribution < -0.4 is 10.6 Å². The first kappa shape index (κ1) is 13.7. The van der Waals surface area contributed by atoms with Gasteiger partial charge in [0, 0.05) is 15.8 Å². The first-order chi connectivity index (χ1) is 9.22. The molecule has 0 saturated carbocycles. The summed E-state index contributed by atoms with van der Waals surface area (Å²) in [5, 5.41) is 8.81. The van der Waals surface area contributed by atoms with Crippen molar-refractivity contribution in [2.75, 3.05) is 17.2 Å². The van der Waals surface area contributed by atoms with Gasteiger partial charge in [0.2, 0.25) is 0 Å². The molecule has 0 spiro atoms. The molecule has 0 aliphatic carbocycles. The fourth-order valence-electron chi connectivity index (χ4n) is 1.93. The van der Waals surface area contributed by atoms with E-state index in [9.17, 15) is 0 Å². The molecule has 4 heteroatoms. The maximum atomic E-state index is 8.81. The number of nitrogens with zero attached hydrogens (tertiary/aromatic N) is 2. The molecule has 0 aliphatic heterocycles. The number of nitrogens with two attached hydrogens (primary N) is 1. The van der Waals surface area contributed by atoms with Crippen molar-refractivity contribution >= 4 is 39.7 Å². The number of hydrogen-bond acceptors (Lipinski definition) is 3. The second-order valence-corrected chi connectivity index (χ2v) is 5.34. The van der Waals surface area contributed by atoms with Crippen LogP contribution in [-0.4, -0.2) is 6.54 Å². The summed E-state index contributed by atoms with van der Waals surface area (Å²) in [5.41, 5.74) is 8.83. The smallest absolute Gasteiger partial charge is 0.0645 e. The van der Waals surface area contributed by atoms with Crippen LogP contribution in [0.5, 0.6) is 0 Å². The molecule has 2 aromatic rings. The topological polar surface area (TPSA) is 53.0 Å². The maximum absolute atomic E-state index is 8.81. The van der Waals surface area contributed by atoms with Gasteiger partial charge in [-0.15, -0.1) is 0 Å². The molecule has 0 fully saturated rings. The molecule has 19 heavy (non-hydrogen) atoms. The molecule has 2 aromatic carbocycles. The summed E-state index contributed by atoms with van der Waals surface area (Å²) in [6.45, 7) is 0.630. The van der Waals surface area contributed by atoms with Gasteiger partial charge in [-0.25, -0.2) is 0 Å². The number of benzene rings is 2. The van der Waals surface area contributed by atoms with Crippen molar-refractivity contribution in [1.82, 2.24) is 0 Å². The van der Waals surface area contributed by atoms with E-state index in [0.29, 0.717) is 13.0 Å². The predicted octanol–water partition coefficient (Wildman–Crippen LogP) is 3.93. The van der Waals surface area contributed by atoms with Crippen LogP contribution in [0.3, 0.4) is 0 Å². The Bertz CT molecular complexity index is 590. The molecule has 0 radical (unpaired) electrons. The molecular weight excluding hydrogens is 349 g/mol. The van der Waals surface area contributed by atoms with E-state index in [-0.39, 0.29) is 0 Å². The number of anilines is 3. The van der Waals surface area contributed by atoms with E-state index < -0.39 is 0 Å². The Labute approximate surface area is 126 Å². The fraction of sp³-hybridized carbons (Fsp3) is 0.133. The van der Waals surface area contributed by atoms with Crippen LogP contribution in [0, 0.1) is 14.9 Å². The number of halogens is 1. The van der Waals surface area contributed by atoms with Crippen LogP contribution in [0.2, 0.25) is 0 Å². The van der Waals surface area contributed by atoms with Crippen LogP contribution in [0.15, 0.2) is 48.5 Å². The van der Waals surface area contributed by atoms with Crippen molar-refractivity contribution < 1.29 is 0 Å². The van der Waals surface area contributed by atoms with Gasteiger partial charge in [-0.3, -0.25) is 0 Å². The molecule has 0 aromatic heterocycles. The van der Waals surface area contributed by atoms with Gasteiger partial charge < -0.3 is 10.6 Å². The van der Waals surface area contributed by atoms with Gasteiger partial charge >= 0.3 is 0 Å². The Morgan fingerprint density at radius 2 is 1.89 bits per heavy atom. The molecule has 0 unspecified atom stereocenters. The van der Waals surface area contributed by atoms with Crippen molar-refractivity contribution in [1.29, 1.82) is 5.26 Å². The van der Waals surface area contributed by atoms with Gasteiger partial charge in [-0.1, -0.05) is 18.2 Å². The Balaban J connectivity index is 2.40. The molecule has 2 N–H and O–H groups in total. The van der Waals surface area contributed by atoms with E-state index in [4.69, 9.17) is 11.0 Å². The summed E-state index contributed by atoms with van der Waals surface area (Å²) in [4.78, 5) is 2.08. The van der Waals surface area contributed by atoms with E-state index in [0.717, 1.165) is 20.6 Å². The van der Waals surface area contributed by atoms with Gasteiger partial charge in [-0.2, -0.15) is 5.26 Å². The minimum Gasteiger partial charge on any atom is -0.397 e. The van der Waals surface area contributed by atoms with Gasteiger partial charge in [0.15, 0.2) is 0 Å². The molecule has 0 atom stereocenters. The summed E-state index contributed by atoms with van der Waals surface area (Å²) in [6.07, 6.45) is 0.459. The average Bonchev–Trinajstić information content (AvgIpc) is 2.42. The van der Waals surface area contributed by atoms with Crippen LogP contribution in [-0.2, 0) is 0 Å². The number of nitrogen functional groups attached to an aromatic ring is 1. The first-order valence-electron chi connectivity index (χ1n) is 5.97. The van der Waals surface area contributed by atoms with Crippen molar-refractivity contribution in [3.63, 3.8) is 0 Å². The molecule has 0 heterocycles. The standard InChI is InChI=1S/C15H14IN3/c16-12-7-8-15(14(18)11-12)19(10-4-9-17)13-5-2-1-3-6-13/h1-3,5-8,11H,4,10,18H2. The average molecular weight is 363 g/mol. The van der Waals surface area contributed by atoms with Crippen LogP contribution in [0.25, 0.3) is 0 Å². The van der Waals surface area contributed by atoms with Crippen LogP contribution in [0.1, 0.15) is 6.42 Å².